The van der Waals surface area contributed by atoms with E-state index in [2.05, 4.69) is 19.8 Å². The van der Waals surface area contributed by atoms with E-state index in [0.717, 1.165) is 44.9 Å². The molecule has 1 unspecified atom stereocenters. The Bertz CT molecular complexity index is 645. The van der Waals surface area contributed by atoms with Crippen molar-refractivity contribution in [3.8, 4) is 0 Å². The highest BCUT2D eigenvalue weighted by molar-refractivity contribution is 5.30. The van der Waals surface area contributed by atoms with Gasteiger partial charge in [0.2, 0.25) is 5.95 Å². The van der Waals surface area contributed by atoms with E-state index in [1.165, 1.54) is 25.2 Å². The van der Waals surface area contributed by atoms with Crippen LogP contribution in [0.1, 0.15) is 25.0 Å². The van der Waals surface area contributed by atoms with Crippen LogP contribution in [0.15, 0.2) is 35.2 Å². The Hall–Kier alpha value is -1.95. The van der Waals surface area contributed by atoms with Gasteiger partial charge in [-0.25, -0.2) is 14.4 Å². The molecule has 5 nitrogen and oxygen atoms in total. The lowest BCUT2D eigenvalue weighted by Crippen LogP contribution is -2.45. The lowest BCUT2D eigenvalue weighted by molar-refractivity contribution is 0.208. The highest BCUT2D eigenvalue weighted by Crippen LogP contribution is 2.40. The molecule has 0 radical (unpaired) electrons. The van der Waals surface area contributed by atoms with Gasteiger partial charge in [0.15, 0.2) is 5.82 Å². The van der Waals surface area contributed by atoms with Gasteiger partial charge in [0.25, 0.3) is 0 Å². The molecule has 0 amide bonds. The molecule has 2 aromatic heterocycles. The van der Waals surface area contributed by atoms with Gasteiger partial charge in [-0.3, -0.25) is 4.90 Å². The van der Waals surface area contributed by atoms with E-state index in [-0.39, 0.29) is 5.82 Å². The summed E-state index contributed by atoms with van der Waals surface area (Å²) in [6.07, 6.45) is 7.79. The number of piperidine rings is 1. The zero-order chi connectivity index (χ0) is 15.7. The third-order valence-electron chi connectivity index (χ3n) is 5.03. The highest BCUT2D eigenvalue weighted by atomic mass is 19.1. The second-order valence-electron chi connectivity index (χ2n) is 6.77. The number of hydrogen-bond acceptors (Lipinski definition) is 5. The average molecular weight is 316 g/mol. The number of rotatable bonds is 3. The Morgan fingerprint density at radius 3 is 2.83 bits per heavy atom. The van der Waals surface area contributed by atoms with Crippen molar-refractivity contribution in [1.29, 1.82) is 0 Å². The quantitative estimate of drug-likeness (QED) is 0.871. The van der Waals surface area contributed by atoms with Crippen molar-refractivity contribution in [2.75, 3.05) is 31.1 Å². The van der Waals surface area contributed by atoms with Crippen LogP contribution in [-0.4, -0.2) is 41.0 Å². The second kappa shape index (κ2) is 5.92. The summed E-state index contributed by atoms with van der Waals surface area (Å²) in [5.41, 5.74) is 0.294. The summed E-state index contributed by atoms with van der Waals surface area (Å²) < 4.78 is 18.5. The van der Waals surface area contributed by atoms with Gasteiger partial charge in [0.05, 0.1) is 25.2 Å². The fraction of sp³-hybridized carbons (Fsp3) is 0.529. The molecule has 0 bridgehead atoms. The van der Waals surface area contributed by atoms with Gasteiger partial charge in [-0.1, -0.05) is 0 Å². The molecular weight excluding hydrogens is 295 g/mol. The van der Waals surface area contributed by atoms with E-state index in [9.17, 15) is 4.39 Å². The van der Waals surface area contributed by atoms with Crippen LogP contribution in [0, 0.1) is 11.2 Å². The van der Waals surface area contributed by atoms with Crippen molar-refractivity contribution in [3.63, 3.8) is 0 Å². The number of anilines is 1. The summed E-state index contributed by atoms with van der Waals surface area (Å²) in [6.45, 7) is 4.95. The molecule has 2 aromatic rings. The Labute approximate surface area is 135 Å². The van der Waals surface area contributed by atoms with E-state index < -0.39 is 0 Å². The lowest BCUT2D eigenvalue weighted by Gasteiger charge is -2.40. The molecule has 0 aromatic carbocycles. The standard InChI is InChI=1S/C17H21FN4O/c18-14-9-19-16(20-10-14)22-6-2-4-17(13-22)5-7-21(12-17)11-15-3-1-8-23-15/h1,3,8-10H,2,4-7,11-13H2. The van der Waals surface area contributed by atoms with Crippen LogP contribution in [0.3, 0.4) is 0 Å². The van der Waals surface area contributed by atoms with Gasteiger partial charge in [-0.15, -0.1) is 0 Å². The zero-order valence-corrected chi connectivity index (χ0v) is 13.1. The maximum atomic E-state index is 13.0. The molecule has 2 fully saturated rings. The van der Waals surface area contributed by atoms with Crippen molar-refractivity contribution >= 4 is 5.95 Å². The Morgan fingerprint density at radius 1 is 1.17 bits per heavy atom. The van der Waals surface area contributed by atoms with E-state index in [4.69, 9.17) is 4.42 Å². The van der Waals surface area contributed by atoms with Crippen molar-refractivity contribution in [1.82, 2.24) is 14.9 Å². The zero-order valence-electron chi connectivity index (χ0n) is 13.1. The van der Waals surface area contributed by atoms with Gasteiger partial charge < -0.3 is 9.32 Å². The van der Waals surface area contributed by atoms with Crippen molar-refractivity contribution in [2.24, 2.45) is 5.41 Å². The van der Waals surface area contributed by atoms with E-state index in [1.54, 1.807) is 6.26 Å². The highest BCUT2D eigenvalue weighted by Gasteiger charge is 2.41. The summed E-state index contributed by atoms with van der Waals surface area (Å²) in [5.74, 6) is 1.29. The van der Waals surface area contributed by atoms with Crippen molar-refractivity contribution in [3.05, 3.63) is 42.4 Å². The van der Waals surface area contributed by atoms with E-state index >= 15 is 0 Å². The molecule has 2 aliphatic heterocycles. The first-order valence-corrected chi connectivity index (χ1v) is 8.20. The molecule has 23 heavy (non-hydrogen) atoms. The van der Waals surface area contributed by atoms with Crippen LogP contribution in [0.5, 0.6) is 0 Å². The molecule has 6 heteroatoms. The molecule has 0 N–H and O–H groups in total. The third kappa shape index (κ3) is 3.08. The van der Waals surface area contributed by atoms with Gasteiger partial charge in [-0.2, -0.15) is 0 Å². The molecular formula is C17H21FN4O. The normalized spacial score (nSPS) is 25.3. The summed E-state index contributed by atoms with van der Waals surface area (Å²) in [7, 11) is 0. The van der Waals surface area contributed by atoms with Crippen molar-refractivity contribution in [2.45, 2.75) is 25.8 Å². The third-order valence-corrected chi connectivity index (χ3v) is 5.03. The van der Waals surface area contributed by atoms with E-state index in [1.807, 2.05) is 12.1 Å². The molecule has 0 aliphatic carbocycles. The molecule has 4 heterocycles. The molecule has 2 saturated heterocycles. The van der Waals surface area contributed by atoms with Crippen LogP contribution < -0.4 is 4.90 Å². The number of halogens is 1. The number of likely N-dealkylation sites (tertiary alicyclic amines) is 1. The fourth-order valence-corrected chi connectivity index (χ4v) is 3.97. The Morgan fingerprint density at radius 2 is 2.04 bits per heavy atom. The number of aromatic nitrogens is 2. The monoisotopic (exact) mass is 316 g/mol. The molecule has 0 saturated carbocycles. The summed E-state index contributed by atoms with van der Waals surface area (Å²) >= 11 is 0. The first kappa shape index (κ1) is 14.6. The van der Waals surface area contributed by atoms with Crippen LogP contribution in [0.4, 0.5) is 10.3 Å². The molecule has 1 atom stereocenters. The number of furan rings is 1. The largest absolute Gasteiger partial charge is 0.468 e. The lowest BCUT2D eigenvalue weighted by atomic mass is 9.79. The smallest absolute Gasteiger partial charge is 0.225 e. The SMILES string of the molecule is Fc1cnc(N2CCCC3(CCN(Cc4ccco4)C3)C2)nc1. The topological polar surface area (TPSA) is 45.4 Å². The molecule has 1 spiro atoms. The minimum atomic E-state index is -0.383. The first-order valence-electron chi connectivity index (χ1n) is 8.20. The molecule has 4 rings (SSSR count). The summed E-state index contributed by atoms with van der Waals surface area (Å²) in [4.78, 5) is 13.0. The van der Waals surface area contributed by atoms with Gasteiger partial charge in [-0.05, 0) is 37.9 Å². The maximum absolute atomic E-state index is 13.0. The Kier molecular flexibility index (Phi) is 3.77. The number of nitrogens with zero attached hydrogens (tertiary/aromatic N) is 4. The number of hydrogen-bond donors (Lipinski definition) is 0. The predicted octanol–water partition coefficient (Wildman–Crippen LogP) is 2.70. The van der Waals surface area contributed by atoms with Crippen LogP contribution >= 0.6 is 0 Å². The fourth-order valence-electron chi connectivity index (χ4n) is 3.97. The Balaban J connectivity index is 1.43. The second-order valence-corrected chi connectivity index (χ2v) is 6.77. The minimum Gasteiger partial charge on any atom is -0.468 e. The molecule has 2 aliphatic rings. The summed E-state index contributed by atoms with van der Waals surface area (Å²) in [6, 6.07) is 3.97. The van der Waals surface area contributed by atoms with Gasteiger partial charge in [0.1, 0.15) is 5.76 Å². The van der Waals surface area contributed by atoms with Crippen molar-refractivity contribution < 1.29 is 8.81 Å². The van der Waals surface area contributed by atoms with Crippen LogP contribution in [0.2, 0.25) is 0 Å². The first-order chi connectivity index (χ1) is 11.2. The maximum Gasteiger partial charge on any atom is 0.225 e. The van der Waals surface area contributed by atoms with E-state index in [0.29, 0.717) is 11.4 Å². The average Bonchev–Trinajstić information content (AvgIpc) is 3.19. The van der Waals surface area contributed by atoms with Gasteiger partial charge >= 0.3 is 0 Å². The van der Waals surface area contributed by atoms with Crippen LogP contribution in [0.25, 0.3) is 0 Å². The predicted molar refractivity (Wildman–Crippen MR) is 84.5 cm³/mol. The van der Waals surface area contributed by atoms with Crippen LogP contribution in [-0.2, 0) is 6.54 Å². The van der Waals surface area contributed by atoms with Gasteiger partial charge in [0, 0.05) is 25.0 Å². The molecule has 122 valence electrons. The summed E-state index contributed by atoms with van der Waals surface area (Å²) in [5, 5.41) is 0. The minimum absolute atomic E-state index is 0.294.